The molecule has 0 aliphatic rings. The van der Waals surface area contributed by atoms with Crippen molar-refractivity contribution in [2.24, 2.45) is 0 Å². The molecule has 0 bridgehead atoms. The predicted octanol–water partition coefficient (Wildman–Crippen LogP) is 2.83. The molecule has 0 fully saturated rings. The highest BCUT2D eigenvalue weighted by Gasteiger charge is 2.12. The summed E-state index contributed by atoms with van der Waals surface area (Å²) >= 11 is 0. The maximum Gasteiger partial charge on any atom is 0.186 e. The molecule has 2 aromatic rings. The average Bonchev–Trinajstić information content (AvgIpc) is 2.37. The van der Waals surface area contributed by atoms with E-state index in [-0.39, 0.29) is 29.3 Å². The first-order valence-corrected chi connectivity index (χ1v) is 5.66. The lowest BCUT2D eigenvalue weighted by atomic mass is 10.1. The Morgan fingerprint density at radius 2 is 1.89 bits per heavy atom. The number of benzene rings is 1. The fourth-order valence-electron chi connectivity index (χ4n) is 1.70. The van der Waals surface area contributed by atoms with E-state index >= 15 is 0 Å². The van der Waals surface area contributed by atoms with E-state index in [0.29, 0.717) is 0 Å². The Kier molecular flexibility index (Phi) is 3.69. The summed E-state index contributed by atoms with van der Waals surface area (Å²) in [6.45, 7) is 1.50. The molecule has 100 valence electrons. The smallest absolute Gasteiger partial charge is 0.186 e. The minimum absolute atomic E-state index is 0.0602. The zero-order valence-corrected chi connectivity index (χ0v) is 10.5. The third kappa shape index (κ3) is 2.83. The van der Waals surface area contributed by atoms with Gasteiger partial charge in [-0.05, 0) is 18.6 Å². The van der Waals surface area contributed by atoms with Crippen LogP contribution in [0.4, 0.5) is 19.0 Å². The zero-order chi connectivity index (χ0) is 14.0. The molecule has 0 aliphatic carbocycles. The highest BCUT2D eigenvalue weighted by atomic mass is 19.1. The molecule has 1 N–H and O–H groups in total. The molecule has 1 heterocycles. The summed E-state index contributed by atoms with van der Waals surface area (Å²) in [6, 6.07) is 3.28. The number of nitrogens with one attached hydrogen (secondary N) is 1. The van der Waals surface area contributed by atoms with Gasteiger partial charge in [0.25, 0.3) is 0 Å². The van der Waals surface area contributed by atoms with Crippen molar-refractivity contribution < 1.29 is 13.2 Å². The van der Waals surface area contributed by atoms with Crippen LogP contribution in [0.3, 0.4) is 0 Å². The minimum Gasteiger partial charge on any atom is -0.371 e. The second-order valence-electron chi connectivity index (χ2n) is 4.05. The van der Waals surface area contributed by atoms with Gasteiger partial charge in [-0.1, -0.05) is 6.07 Å². The Labute approximate surface area is 108 Å². The first-order valence-electron chi connectivity index (χ1n) is 5.66. The Balaban J connectivity index is 2.35. The number of nitrogens with zero attached hydrogens (tertiary/aromatic N) is 2. The van der Waals surface area contributed by atoms with Crippen molar-refractivity contribution in [1.82, 2.24) is 9.97 Å². The number of aromatic nitrogens is 2. The normalized spacial score (nSPS) is 10.6. The molecule has 1 aromatic carbocycles. The second-order valence-corrected chi connectivity index (χ2v) is 4.05. The minimum atomic E-state index is -0.670. The van der Waals surface area contributed by atoms with Gasteiger partial charge in [-0.2, -0.15) is 0 Å². The van der Waals surface area contributed by atoms with Crippen LogP contribution in [0.2, 0.25) is 0 Å². The van der Waals surface area contributed by atoms with Crippen molar-refractivity contribution in [1.29, 1.82) is 0 Å². The van der Waals surface area contributed by atoms with Crippen LogP contribution in [0.15, 0.2) is 18.2 Å². The van der Waals surface area contributed by atoms with Crippen LogP contribution < -0.4 is 5.32 Å². The number of anilines is 1. The standard InChI is InChI=1S/C13H12F3N3/c1-7-12(16)13(17-2)19-11(18-7)5-8-3-4-9(14)6-10(8)15/h3-4,6H,5H2,1-2H3,(H,17,18,19). The highest BCUT2D eigenvalue weighted by molar-refractivity contribution is 5.38. The van der Waals surface area contributed by atoms with Crippen molar-refractivity contribution >= 4 is 5.82 Å². The number of hydrogen-bond acceptors (Lipinski definition) is 3. The van der Waals surface area contributed by atoms with Crippen molar-refractivity contribution in [3.63, 3.8) is 0 Å². The zero-order valence-electron chi connectivity index (χ0n) is 10.5. The predicted molar refractivity (Wildman–Crippen MR) is 65.4 cm³/mol. The van der Waals surface area contributed by atoms with E-state index in [2.05, 4.69) is 15.3 Å². The van der Waals surface area contributed by atoms with E-state index in [4.69, 9.17) is 0 Å². The fourth-order valence-corrected chi connectivity index (χ4v) is 1.70. The number of rotatable bonds is 3. The largest absolute Gasteiger partial charge is 0.371 e. The van der Waals surface area contributed by atoms with E-state index in [1.165, 1.54) is 20.0 Å². The number of halogens is 3. The molecule has 0 amide bonds. The van der Waals surface area contributed by atoms with Gasteiger partial charge in [0.05, 0.1) is 5.69 Å². The molecule has 19 heavy (non-hydrogen) atoms. The van der Waals surface area contributed by atoms with Crippen LogP contribution >= 0.6 is 0 Å². The molecule has 0 spiro atoms. The average molecular weight is 267 g/mol. The van der Waals surface area contributed by atoms with Gasteiger partial charge in [0.15, 0.2) is 11.6 Å². The summed E-state index contributed by atoms with van der Waals surface area (Å²) in [5.41, 5.74) is 0.436. The Bertz CT molecular complexity index is 614. The maximum absolute atomic E-state index is 13.5. The summed E-state index contributed by atoms with van der Waals surface area (Å²) in [5, 5.41) is 2.61. The van der Waals surface area contributed by atoms with Gasteiger partial charge in [0.1, 0.15) is 17.5 Å². The second kappa shape index (κ2) is 5.26. The third-order valence-corrected chi connectivity index (χ3v) is 2.66. The van der Waals surface area contributed by atoms with Gasteiger partial charge in [-0.15, -0.1) is 0 Å². The lowest BCUT2D eigenvalue weighted by Gasteiger charge is -2.08. The summed E-state index contributed by atoms with van der Waals surface area (Å²) in [5.74, 6) is -1.52. The van der Waals surface area contributed by atoms with Crippen LogP contribution in [0.1, 0.15) is 17.1 Å². The third-order valence-electron chi connectivity index (χ3n) is 2.66. The van der Waals surface area contributed by atoms with Gasteiger partial charge in [0, 0.05) is 19.5 Å². The van der Waals surface area contributed by atoms with Crippen LogP contribution in [-0.2, 0) is 6.42 Å². The molecule has 0 saturated carbocycles. The number of hydrogen-bond donors (Lipinski definition) is 1. The monoisotopic (exact) mass is 267 g/mol. The van der Waals surface area contributed by atoms with Crippen molar-refractivity contribution in [2.75, 3.05) is 12.4 Å². The van der Waals surface area contributed by atoms with Crippen molar-refractivity contribution in [3.05, 3.63) is 52.7 Å². The molecule has 3 nitrogen and oxygen atoms in total. The van der Waals surface area contributed by atoms with E-state index in [1.54, 1.807) is 0 Å². The fraction of sp³-hybridized carbons (Fsp3) is 0.231. The lowest BCUT2D eigenvalue weighted by Crippen LogP contribution is -2.07. The molecule has 0 unspecified atom stereocenters. The van der Waals surface area contributed by atoms with Crippen molar-refractivity contribution in [2.45, 2.75) is 13.3 Å². The van der Waals surface area contributed by atoms with E-state index in [9.17, 15) is 13.2 Å². The SMILES string of the molecule is CNc1nc(Cc2ccc(F)cc2F)nc(C)c1F. The molecule has 0 radical (unpaired) electrons. The quantitative estimate of drug-likeness (QED) is 0.929. The number of aryl methyl sites for hydroxylation is 1. The maximum atomic E-state index is 13.5. The molecule has 0 saturated heterocycles. The summed E-state index contributed by atoms with van der Waals surface area (Å²) in [6.07, 6.45) is 0.0713. The van der Waals surface area contributed by atoms with Crippen LogP contribution in [0, 0.1) is 24.4 Å². The molecule has 2 rings (SSSR count). The Morgan fingerprint density at radius 3 is 2.53 bits per heavy atom. The van der Waals surface area contributed by atoms with Gasteiger partial charge in [-0.25, -0.2) is 23.1 Å². The molecule has 1 aromatic heterocycles. The van der Waals surface area contributed by atoms with Gasteiger partial charge >= 0.3 is 0 Å². The van der Waals surface area contributed by atoms with E-state index < -0.39 is 17.5 Å². The summed E-state index contributed by atoms with van der Waals surface area (Å²) in [7, 11) is 1.53. The lowest BCUT2D eigenvalue weighted by molar-refractivity contribution is 0.572. The molecule has 0 atom stereocenters. The molecular formula is C13H12F3N3. The first kappa shape index (κ1) is 13.3. The molecule has 6 heteroatoms. The van der Waals surface area contributed by atoms with E-state index in [1.807, 2.05) is 0 Å². The van der Waals surface area contributed by atoms with Crippen molar-refractivity contribution in [3.8, 4) is 0 Å². The van der Waals surface area contributed by atoms with Gasteiger partial charge < -0.3 is 5.32 Å². The Morgan fingerprint density at radius 1 is 1.16 bits per heavy atom. The molecule has 0 aliphatic heterocycles. The molecular weight excluding hydrogens is 255 g/mol. The topological polar surface area (TPSA) is 37.8 Å². The van der Waals surface area contributed by atoms with E-state index in [0.717, 1.165) is 12.1 Å². The van der Waals surface area contributed by atoms with Crippen LogP contribution in [0.5, 0.6) is 0 Å². The summed E-state index contributed by atoms with van der Waals surface area (Å²) in [4.78, 5) is 7.91. The first-order chi connectivity index (χ1) is 9.01. The summed E-state index contributed by atoms with van der Waals surface area (Å²) < 4.78 is 39.8. The van der Waals surface area contributed by atoms with Crippen LogP contribution in [-0.4, -0.2) is 17.0 Å². The van der Waals surface area contributed by atoms with Gasteiger partial charge in [0.2, 0.25) is 0 Å². The van der Waals surface area contributed by atoms with Gasteiger partial charge in [-0.3, -0.25) is 0 Å². The Hall–Kier alpha value is -2.11. The van der Waals surface area contributed by atoms with Crippen LogP contribution in [0.25, 0.3) is 0 Å². The highest BCUT2D eigenvalue weighted by Crippen LogP contribution is 2.17.